The minimum Gasteiger partial charge on any atom is -0.126 e. The summed E-state index contributed by atoms with van der Waals surface area (Å²) in [5, 5.41) is 0. The largest absolute Gasteiger partial charge is 0.126 e. The van der Waals surface area contributed by atoms with Crippen molar-refractivity contribution in [1.82, 2.24) is 0 Å². The molecular formula is C13H17Cl. The minimum atomic E-state index is 0.538. The molecule has 0 bridgehead atoms. The predicted molar refractivity (Wildman–Crippen MR) is 61.8 cm³/mol. The molecule has 0 unspecified atom stereocenters. The van der Waals surface area contributed by atoms with Crippen LogP contribution in [-0.4, -0.2) is 5.88 Å². The Kier molecular flexibility index (Phi) is 3.12. The summed E-state index contributed by atoms with van der Waals surface area (Å²) in [6, 6.07) is 10.7. The Hall–Kier alpha value is -0.490. The molecule has 0 amide bonds. The highest BCUT2D eigenvalue weighted by Gasteiger charge is 2.40. The van der Waals surface area contributed by atoms with Gasteiger partial charge >= 0.3 is 0 Å². The van der Waals surface area contributed by atoms with Crippen LogP contribution in [0.5, 0.6) is 0 Å². The zero-order valence-electron chi connectivity index (χ0n) is 8.51. The van der Waals surface area contributed by atoms with Gasteiger partial charge in [-0.2, -0.15) is 0 Å². The normalized spacial score (nSPS) is 18.1. The second-order valence-corrected chi connectivity index (χ2v) is 4.74. The summed E-state index contributed by atoms with van der Waals surface area (Å²) in [5.41, 5.74) is 1.99. The van der Waals surface area contributed by atoms with E-state index in [1.807, 2.05) is 0 Å². The van der Waals surface area contributed by atoms with E-state index in [0.29, 0.717) is 5.41 Å². The van der Waals surface area contributed by atoms with Crippen LogP contribution in [0.2, 0.25) is 0 Å². The predicted octanol–water partition coefficient (Wildman–Crippen LogP) is 4.03. The molecule has 1 fully saturated rings. The van der Waals surface area contributed by atoms with E-state index in [2.05, 4.69) is 30.3 Å². The highest BCUT2D eigenvalue weighted by Crippen LogP contribution is 2.50. The molecular weight excluding hydrogens is 192 g/mol. The van der Waals surface area contributed by atoms with Gasteiger partial charge in [-0.1, -0.05) is 30.3 Å². The van der Waals surface area contributed by atoms with E-state index in [1.165, 1.54) is 37.7 Å². The molecule has 1 saturated carbocycles. The first-order valence-corrected chi connectivity index (χ1v) is 5.98. The van der Waals surface area contributed by atoms with Gasteiger partial charge < -0.3 is 0 Å². The summed E-state index contributed by atoms with van der Waals surface area (Å²) in [7, 11) is 0. The number of benzene rings is 1. The van der Waals surface area contributed by atoms with Crippen LogP contribution in [0.1, 0.15) is 31.2 Å². The third-order valence-electron chi connectivity index (χ3n) is 3.26. The molecule has 1 aliphatic carbocycles. The summed E-state index contributed by atoms with van der Waals surface area (Å²) in [6.45, 7) is 0. The van der Waals surface area contributed by atoms with Crippen molar-refractivity contribution in [3.8, 4) is 0 Å². The smallest absolute Gasteiger partial charge is 0.0280 e. The number of hydrogen-bond donors (Lipinski definition) is 0. The highest BCUT2D eigenvalue weighted by molar-refractivity contribution is 6.18. The fraction of sp³-hybridized carbons (Fsp3) is 0.538. The van der Waals surface area contributed by atoms with Gasteiger partial charge in [0.05, 0.1) is 0 Å². The molecule has 0 heterocycles. The van der Waals surface area contributed by atoms with E-state index in [0.717, 1.165) is 5.88 Å². The maximum Gasteiger partial charge on any atom is 0.0280 e. The zero-order valence-corrected chi connectivity index (χ0v) is 9.26. The summed E-state index contributed by atoms with van der Waals surface area (Å²) < 4.78 is 0. The van der Waals surface area contributed by atoms with Crippen molar-refractivity contribution in [3.63, 3.8) is 0 Å². The van der Waals surface area contributed by atoms with Gasteiger partial charge in [0.2, 0.25) is 0 Å². The monoisotopic (exact) mass is 208 g/mol. The lowest BCUT2D eigenvalue weighted by Gasteiger charge is -2.10. The van der Waals surface area contributed by atoms with E-state index >= 15 is 0 Å². The first-order valence-electron chi connectivity index (χ1n) is 5.45. The molecule has 0 atom stereocenters. The Morgan fingerprint density at radius 1 is 1.14 bits per heavy atom. The van der Waals surface area contributed by atoms with Gasteiger partial charge in [0.15, 0.2) is 0 Å². The van der Waals surface area contributed by atoms with Crippen LogP contribution in [-0.2, 0) is 6.42 Å². The lowest BCUT2D eigenvalue weighted by molar-refractivity contribution is 0.501. The Bertz CT molecular complexity index is 275. The number of halogens is 1. The average Bonchev–Trinajstić information content (AvgIpc) is 3.00. The van der Waals surface area contributed by atoms with Crippen molar-refractivity contribution in [2.45, 2.75) is 32.1 Å². The summed E-state index contributed by atoms with van der Waals surface area (Å²) >= 11 is 5.94. The fourth-order valence-electron chi connectivity index (χ4n) is 1.94. The van der Waals surface area contributed by atoms with E-state index in [4.69, 9.17) is 11.6 Å². The zero-order chi connectivity index (χ0) is 9.86. The van der Waals surface area contributed by atoms with Gasteiger partial charge in [-0.05, 0) is 43.1 Å². The molecule has 0 saturated heterocycles. The lowest BCUT2D eigenvalue weighted by Crippen LogP contribution is -2.02. The molecule has 0 aliphatic heterocycles. The lowest BCUT2D eigenvalue weighted by atomic mass is 9.99. The number of rotatable bonds is 5. The molecule has 0 N–H and O–H groups in total. The van der Waals surface area contributed by atoms with Crippen molar-refractivity contribution in [2.75, 3.05) is 5.88 Å². The van der Waals surface area contributed by atoms with Crippen LogP contribution in [0.15, 0.2) is 30.3 Å². The topological polar surface area (TPSA) is 0 Å². The molecule has 1 heteroatoms. The molecule has 14 heavy (non-hydrogen) atoms. The summed E-state index contributed by atoms with van der Waals surface area (Å²) in [6.07, 6.45) is 6.51. The van der Waals surface area contributed by atoms with E-state index < -0.39 is 0 Å². The molecule has 0 spiro atoms. The van der Waals surface area contributed by atoms with Crippen molar-refractivity contribution < 1.29 is 0 Å². The minimum absolute atomic E-state index is 0.538. The Morgan fingerprint density at radius 2 is 1.86 bits per heavy atom. The Morgan fingerprint density at radius 3 is 2.43 bits per heavy atom. The quantitative estimate of drug-likeness (QED) is 0.641. The van der Waals surface area contributed by atoms with Gasteiger partial charge in [-0.15, -0.1) is 11.6 Å². The Labute approximate surface area is 91.3 Å². The first kappa shape index (κ1) is 10.0. The van der Waals surface area contributed by atoms with Crippen molar-refractivity contribution >= 4 is 11.6 Å². The number of hydrogen-bond acceptors (Lipinski definition) is 0. The van der Waals surface area contributed by atoms with Gasteiger partial charge in [-0.3, -0.25) is 0 Å². The van der Waals surface area contributed by atoms with Crippen LogP contribution >= 0.6 is 11.6 Å². The van der Waals surface area contributed by atoms with Gasteiger partial charge in [0, 0.05) is 5.88 Å². The number of aryl methyl sites for hydroxylation is 1. The van der Waals surface area contributed by atoms with Crippen molar-refractivity contribution in [1.29, 1.82) is 0 Å². The van der Waals surface area contributed by atoms with Gasteiger partial charge in [-0.25, -0.2) is 0 Å². The highest BCUT2D eigenvalue weighted by atomic mass is 35.5. The third kappa shape index (κ3) is 2.51. The second kappa shape index (κ2) is 4.35. The molecule has 76 valence electrons. The van der Waals surface area contributed by atoms with Crippen molar-refractivity contribution in [3.05, 3.63) is 35.9 Å². The SMILES string of the molecule is ClCC1(CCCc2ccccc2)CC1. The first-order chi connectivity index (χ1) is 6.85. The van der Waals surface area contributed by atoms with Crippen LogP contribution in [0.4, 0.5) is 0 Å². The van der Waals surface area contributed by atoms with E-state index in [9.17, 15) is 0 Å². The maximum absolute atomic E-state index is 5.94. The molecule has 1 aromatic carbocycles. The average molecular weight is 209 g/mol. The van der Waals surface area contributed by atoms with Crippen molar-refractivity contribution in [2.24, 2.45) is 5.41 Å². The fourth-order valence-corrected chi connectivity index (χ4v) is 2.34. The standard InChI is InChI=1S/C13H17Cl/c14-11-13(9-10-13)8-4-7-12-5-2-1-3-6-12/h1-3,5-6H,4,7-11H2. The molecule has 0 aromatic heterocycles. The molecule has 1 aromatic rings. The van der Waals surface area contributed by atoms with Crippen LogP contribution in [0, 0.1) is 5.41 Å². The number of alkyl halides is 1. The van der Waals surface area contributed by atoms with Crippen LogP contribution in [0.25, 0.3) is 0 Å². The third-order valence-corrected chi connectivity index (χ3v) is 3.82. The second-order valence-electron chi connectivity index (χ2n) is 4.47. The van der Waals surface area contributed by atoms with E-state index in [1.54, 1.807) is 0 Å². The Balaban J connectivity index is 1.73. The molecule has 0 nitrogen and oxygen atoms in total. The summed E-state index contributed by atoms with van der Waals surface area (Å²) in [5.74, 6) is 0.863. The molecule has 1 aliphatic rings. The van der Waals surface area contributed by atoms with Crippen LogP contribution < -0.4 is 0 Å². The van der Waals surface area contributed by atoms with E-state index in [-0.39, 0.29) is 0 Å². The maximum atomic E-state index is 5.94. The van der Waals surface area contributed by atoms with Gasteiger partial charge in [0.25, 0.3) is 0 Å². The molecule has 2 rings (SSSR count). The van der Waals surface area contributed by atoms with Crippen LogP contribution in [0.3, 0.4) is 0 Å². The van der Waals surface area contributed by atoms with Gasteiger partial charge in [0.1, 0.15) is 0 Å². The molecule has 0 radical (unpaired) electrons. The summed E-state index contributed by atoms with van der Waals surface area (Å²) in [4.78, 5) is 0.